The summed E-state index contributed by atoms with van der Waals surface area (Å²) in [4.78, 5) is 0. The fourth-order valence-electron chi connectivity index (χ4n) is 11.6. The molecule has 0 aromatic carbocycles. The van der Waals surface area contributed by atoms with Gasteiger partial charge in [-0.15, -0.1) is 0 Å². The molecule has 1 aliphatic heterocycles. The monoisotopic (exact) mass is 620 g/mol. The number of hydrogen-bond acceptors (Lipinski definition) is 8. The van der Waals surface area contributed by atoms with Crippen molar-refractivity contribution in [3.8, 4) is 0 Å². The van der Waals surface area contributed by atoms with E-state index in [1.165, 1.54) is 11.1 Å². The van der Waals surface area contributed by atoms with Gasteiger partial charge in [0.05, 0.1) is 24.9 Å². The molecule has 4 aliphatic carbocycles. The standard InChI is InChI=1S/C36H60O8/c1-19(2)10-9-11-20(3)21-12-15-35(7)27(21)22(38)16-25-34(6)14-13-26(33(4,5)31(34)23(39)17-36(25,35)8)44-32-30(42)29(41)28(40)24(18-37)43-32/h10-11,21-32,37-42H,9,12-18H2,1-8H3. The van der Waals surface area contributed by atoms with Crippen molar-refractivity contribution in [3.63, 3.8) is 0 Å². The SMILES string of the molecule is CC(C)=CCC=C(C)C1CCC2(C)C1C(O)CC1C3(C)CCC(OC4OC(CO)C(O)C(O)C4O)C(C)(C)C3C(O)CC12C. The molecule has 0 aromatic heterocycles. The first-order valence-corrected chi connectivity index (χ1v) is 17.1. The van der Waals surface area contributed by atoms with Crippen molar-refractivity contribution in [2.75, 3.05) is 6.61 Å². The zero-order valence-electron chi connectivity index (χ0n) is 28.2. The summed E-state index contributed by atoms with van der Waals surface area (Å²) < 4.78 is 12.1. The molecule has 8 nitrogen and oxygen atoms in total. The Kier molecular flexibility index (Phi) is 9.40. The van der Waals surface area contributed by atoms with Gasteiger partial charge in [-0.05, 0) is 111 Å². The van der Waals surface area contributed by atoms with Gasteiger partial charge < -0.3 is 40.1 Å². The average molecular weight is 621 g/mol. The van der Waals surface area contributed by atoms with Gasteiger partial charge >= 0.3 is 0 Å². The van der Waals surface area contributed by atoms with Crippen LogP contribution >= 0.6 is 0 Å². The minimum Gasteiger partial charge on any atom is -0.394 e. The summed E-state index contributed by atoms with van der Waals surface area (Å²) >= 11 is 0. The maximum atomic E-state index is 12.2. The second-order valence-electron chi connectivity index (χ2n) is 16.8. The van der Waals surface area contributed by atoms with E-state index in [2.05, 4.69) is 67.5 Å². The van der Waals surface area contributed by atoms with Crippen molar-refractivity contribution in [2.24, 2.45) is 45.3 Å². The number of fused-ring (bicyclic) bond motifs is 5. The third kappa shape index (κ3) is 5.18. The van der Waals surface area contributed by atoms with Crippen LogP contribution in [0, 0.1) is 45.3 Å². The topological polar surface area (TPSA) is 140 Å². The molecule has 44 heavy (non-hydrogen) atoms. The van der Waals surface area contributed by atoms with Gasteiger partial charge in [-0.25, -0.2) is 0 Å². The lowest BCUT2D eigenvalue weighted by atomic mass is 9.34. The molecule has 0 aromatic rings. The number of ether oxygens (including phenoxy) is 2. The van der Waals surface area contributed by atoms with Crippen molar-refractivity contribution in [1.82, 2.24) is 0 Å². The van der Waals surface area contributed by atoms with Crippen molar-refractivity contribution in [2.45, 2.75) is 149 Å². The van der Waals surface area contributed by atoms with Gasteiger partial charge in [0.2, 0.25) is 0 Å². The first-order valence-electron chi connectivity index (χ1n) is 17.1. The summed E-state index contributed by atoms with van der Waals surface area (Å²) in [7, 11) is 0. The van der Waals surface area contributed by atoms with Crippen LogP contribution in [0.1, 0.15) is 100 Å². The lowest BCUT2D eigenvalue weighted by molar-refractivity contribution is -0.337. The Hall–Kier alpha value is -0.840. The molecule has 15 atom stereocenters. The molecule has 4 saturated carbocycles. The van der Waals surface area contributed by atoms with Crippen LogP contribution in [-0.2, 0) is 9.47 Å². The van der Waals surface area contributed by atoms with E-state index in [0.717, 1.165) is 32.1 Å². The maximum Gasteiger partial charge on any atom is 0.186 e. The molecule has 0 spiro atoms. The van der Waals surface area contributed by atoms with E-state index >= 15 is 0 Å². The van der Waals surface area contributed by atoms with E-state index in [0.29, 0.717) is 18.8 Å². The van der Waals surface area contributed by atoms with Gasteiger partial charge in [-0.3, -0.25) is 0 Å². The molecule has 252 valence electrons. The highest BCUT2D eigenvalue weighted by atomic mass is 16.7. The van der Waals surface area contributed by atoms with E-state index in [1.54, 1.807) is 0 Å². The molecule has 15 unspecified atom stereocenters. The third-order valence-corrected chi connectivity index (χ3v) is 13.9. The normalized spacial score (nSPS) is 52.1. The van der Waals surface area contributed by atoms with Gasteiger partial charge in [0.15, 0.2) is 6.29 Å². The molecule has 1 saturated heterocycles. The van der Waals surface area contributed by atoms with Gasteiger partial charge in [-0.2, -0.15) is 0 Å². The predicted molar refractivity (Wildman–Crippen MR) is 168 cm³/mol. The molecule has 6 N–H and O–H groups in total. The summed E-state index contributed by atoms with van der Waals surface area (Å²) in [5.74, 6) is 0.617. The number of aliphatic hydroxyl groups excluding tert-OH is 6. The Morgan fingerprint density at radius 1 is 0.841 bits per heavy atom. The lowest BCUT2D eigenvalue weighted by Crippen LogP contribution is -2.70. The zero-order valence-corrected chi connectivity index (χ0v) is 28.2. The van der Waals surface area contributed by atoms with Crippen LogP contribution in [0.5, 0.6) is 0 Å². The summed E-state index contributed by atoms with van der Waals surface area (Å²) in [5, 5.41) is 65.1. The molecule has 0 bridgehead atoms. The summed E-state index contributed by atoms with van der Waals surface area (Å²) in [5.41, 5.74) is 1.69. The van der Waals surface area contributed by atoms with E-state index < -0.39 is 54.9 Å². The van der Waals surface area contributed by atoms with Gasteiger partial charge in [0.25, 0.3) is 0 Å². The van der Waals surface area contributed by atoms with Crippen LogP contribution < -0.4 is 0 Å². The van der Waals surface area contributed by atoms with Crippen molar-refractivity contribution < 1.29 is 40.1 Å². The third-order valence-electron chi connectivity index (χ3n) is 13.9. The fraction of sp³-hybridized carbons (Fsp3) is 0.889. The minimum absolute atomic E-state index is 0.103. The predicted octanol–water partition coefficient (Wildman–Crippen LogP) is 4.10. The van der Waals surface area contributed by atoms with Crippen LogP contribution in [0.2, 0.25) is 0 Å². The Balaban J connectivity index is 1.41. The Morgan fingerprint density at radius 2 is 1.52 bits per heavy atom. The summed E-state index contributed by atoms with van der Waals surface area (Å²) in [6, 6.07) is 0. The van der Waals surface area contributed by atoms with Gasteiger partial charge in [0.1, 0.15) is 24.4 Å². The van der Waals surface area contributed by atoms with Crippen LogP contribution in [-0.4, -0.2) is 86.3 Å². The minimum atomic E-state index is -1.50. The van der Waals surface area contributed by atoms with Crippen molar-refractivity contribution >= 4 is 0 Å². The highest BCUT2D eigenvalue weighted by molar-refractivity contribution is 5.24. The highest BCUT2D eigenvalue weighted by Gasteiger charge is 2.72. The molecular weight excluding hydrogens is 560 g/mol. The molecule has 8 heteroatoms. The molecular formula is C36H60O8. The first kappa shape index (κ1) is 34.5. The molecule has 5 fully saturated rings. The maximum absolute atomic E-state index is 12.2. The van der Waals surface area contributed by atoms with Crippen LogP contribution in [0.4, 0.5) is 0 Å². The molecule has 1 heterocycles. The van der Waals surface area contributed by atoms with Crippen LogP contribution in [0.25, 0.3) is 0 Å². The van der Waals surface area contributed by atoms with E-state index in [9.17, 15) is 30.6 Å². The van der Waals surface area contributed by atoms with Crippen LogP contribution in [0.15, 0.2) is 23.3 Å². The van der Waals surface area contributed by atoms with Gasteiger partial charge in [0, 0.05) is 0 Å². The Bertz CT molecular complexity index is 1110. The van der Waals surface area contributed by atoms with Crippen LogP contribution in [0.3, 0.4) is 0 Å². The summed E-state index contributed by atoms with van der Waals surface area (Å²) in [6.07, 6.45) is 2.47. The Labute approximate surface area is 264 Å². The molecule has 5 rings (SSSR count). The fourth-order valence-corrected chi connectivity index (χ4v) is 11.6. The summed E-state index contributed by atoms with van der Waals surface area (Å²) in [6.45, 7) is 17.3. The second kappa shape index (κ2) is 12.0. The Morgan fingerprint density at radius 3 is 2.16 bits per heavy atom. The second-order valence-corrected chi connectivity index (χ2v) is 16.8. The number of allylic oxidation sites excluding steroid dienone is 4. The number of rotatable bonds is 6. The quantitative estimate of drug-likeness (QED) is 0.193. The number of aliphatic hydroxyl groups is 6. The van der Waals surface area contributed by atoms with Crippen molar-refractivity contribution in [1.29, 1.82) is 0 Å². The molecule has 5 aliphatic rings. The molecule has 0 radical (unpaired) electrons. The lowest BCUT2D eigenvalue weighted by Gasteiger charge is -2.71. The smallest absolute Gasteiger partial charge is 0.186 e. The number of hydrogen-bond donors (Lipinski definition) is 6. The van der Waals surface area contributed by atoms with Gasteiger partial charge in [-0.1, -0.05) is 57.9 Å². The van der Waals surface area contributed by atoms with E-state index in [-0.39, 0.29) is 40.1 Å². The largest absolute Gasteiger partial charge is 0.394 e. The molecule has 0 amide bonds. The van der Waals surface area contributed by atoms with E-state index in [1.807, 2.05) is 0 Å². The average Bonchev–Trinajstić information content (AvgIpc) is 3.31. The highest BCUT2D eigenvalue weighted by Crippen LogP contribution is 2.75. The van der Waals surface area contributed by atoms with Crippen molar-refractivity contribution in [3.05, 3.63) is 23.3 Å². The first-order chi connectivity index (χ1) is 20.4. The van der Waals surface area contributed by atoms with E-state index in [4.69, 9.17) is 9.47 Å². The zero-order chi connectivity index (χ0) is 32.6.